The minimum Gasteiger partial charge on any atom is -0.493 e. The molecule has 1 aliphatic rings. The van der Waals surface area contributed by atoms with Gasteiger partial charge in [0.05, 0.1) is 19.0 Å². The summed E-state index contributed by atoms with van der Waals surface area (Å²) in [4.78, 5) is 24.3. The number of nitrogens with one attached hydrogen (secondary N) is 2. The predicted octanol–water partition coefficient (Wildman–Crippen LogP) is 5.61. The molecule has 41 heavy (non-hydrogen) atoms. The zero-order chi connectivity index (χ0) is 28.6. The Hall–Kier alpha value is -4.33. The number of hydrogen-bond donors (Lipinski definition) is 2. The Kier molecular flexibility index (Phi) is 9.19. The van der Waals surface area contributed by atoms with Crippen molar-refractivity contribution in [1.29, 1.82) is 0 Å². The van der Waals surface area contributed by atoms with E-state index in [4.69, 9.17) is 19.4 Å². The third kappa shape index (κ3) is 7.45. The van der Waals surface area contributed by atoms with E-state index in [1.165, 1.54) is 0 Å². The van der Waals surface area contributed by atoms with E-state index < -0.39 is 0 Å². The Bertz CT molecular complexity index is 1450. The normalized spacial score (nSPS) is 16.7. The Labute approximate surface area is 242 Å². The van der Waals surface area contributed by atoms with E-state index in [1.807, 2.05) is 85.7 Å². The van der Waals surface area contributed by atoms with Crippen molar-refractivity contribution in [2.45, 2.75) is 44.8 Å². The van der Waals surface area contributed by atoms with Crippen LogP contribution in [0.25, 0.3) is 10.9 Å². The number of benzene rings is 3. The van der Waals surface area contributed by atoms with Crippen LogP contribution in [-0.2, 0) is 17.8 Å². The van der Waals surface area contributed by atoms with Crippen molar-refractivity contribution in [3.05, 3.63) is 83.9 Å². The molecule has 0 unspecified atom stereocenters. The summed E-state index contributed by atoms with van der Waals surface area (Å²) >= 11 is 0. The van der Waals surface area contributed by atoms with Crippen molar-refractivity contribution < 1.29 is 14.3 Å². The number of hydrogen-bond acceptors (Lipinski definition) is 7. The number of anilines is 2. The van der Waals surface area contributed by atoms with E-state index >= 15 is 0 Å². The SMILES string of the molecule is COc1cc(CC(=O)NC2CCC(CNc3nc(N(C)C)c4ccccc4n3)CC2)ccc1OCc1ccccc1. The maximum absolute atomic E-state index is 12.8. The molecule has 3 aromatic carbocycles. The molecule has 1 fully saturated rings. The standard InChI is InChI=1S/C33H39N5O3/c1-38(2)32-27-11-7-8-12-28(27)36-33(37-32)34-21-23-13-16-26(17-14-23)35-31(39)20-25-15-18-29(30(19-25)40-3)41-22-24-9-5-4-6-10-24/h4-12,15,18-19,23,26H,13-14,16-17,20-22H2,1-3H3,(H,35,39)(H,34,36,37). The summed E-state index contributed by atoms with van der Waals surface area (Å²) in [5.41, 5.74) is 2.92. The molecule has 1 aliphatic carbocycles. The van der Waals surface area contributed by atoms with Gasteiger partial charge in [0.25, 0.3) is 0 Å². The van der Waals surface area contributed by atoms with Gasteiger partial charge in [-0.2, -0.15) is 4.98 Å². The van der Waals surface area contributed by atoms with E-state index in [0.717, 1.165) is 60.1 Å². The maximum Gasteiger partial charge on any atom is 0.225 e. The molecule has 0 radical (unpaired) electrons. The predicted molar refractivity (Wildman–Crippen MR) is 164 cm³/mol. The van der Waals surface area contributed by atoms with E-state index in [0.29, 0.717) is 36.4 Å². The molecule has 1 heterocycles. The molecule has 0 bridgehead atoms. The largest absolute Gasteiger partial charge is 0.493 e. The van der Waals surface area contributed by atoms with Gasteiger partial charge >= 0.3 is 0 Å². The number of aromatic nitrogens is 2. The van der Waals surface area contributed by atoms with Gasteiger partial charge in [0, 0.05) is 32.1 Å². The lowest BCUT2D eigenvalue weighted by atomic mass is 9.86. The molecule has 2 N–H and O–H groups in total. The Morgan fingerprint density at radius 3 is 2.41 bits per heavy atom. The molecule has 8 nitrogen and oxygen atoms in total. The van der Waals surface area contributed by atoms with Crippen LogP contribution in [0.1, 0.15) is 36.8 Å². The molecule has 0 spiro atoms. The average molecular weight is 554 g/mol. The van der Waals surface area contributed by atoms with Crippen LogP contribution in [0.3, 0.4) is 0 Å². The number of fused-ring (bicyclic) bond motifs is 1. The van der Waals surface area contributed by atoms with Gasteiger partial charge in [-0.1, -0.05) is 48.5 Å². The van der Waals surface area contributed by atoms with Gasteiger partial charge in [-0.15, -0.1) is 0 Å². The fourth-order valence-corrected chi connectivity index (χ4v) is 5.37. The second kappa shape index (κ2) is 13.4. The molecular weight excluding hydrogens is 514 g/mol. The summed E-state index contributed by atoms with van der Waals surface area (Å²) in [6.07, 6.45) is 4.34. The Morgan fingerprint density at radius 1 is 0.902 bits per heavy atom. The van der Waals surface area contributed by atoms with E-state index in [9.17, 15) is 4.79 Å². The van der Waals surface area contributed by atoms with Crippen LogP contribution < -0.4 is 25.0 Å². The quantitative estimate of drug-likeness (QED) is 0.249. The molecule has 5 rings (SSSR count). The van der Waals surface area contributed by atoms with Gasteiger partial charge in [0.2, 0.25) is 11.9 Å². The summed E-state index contributed by atoms with van der Waals surface area (Å²) in [5, 5.41) is 7.75. The molecule has 0 aliphatic heterocycles. The van der Waals surface area contributed by atoms with Gasteiger partial charge in [-0.25, -0.2) is 4.98 Å². The number of amides is 1. The third-order valence-corrected chi connectivity index (χ3v) is 7.60. The fourth-order valence-electron chi connectivity index (χ4n) is 5.37. The Morgan fingerprint density at radius 2 is 1.66 bits per heavy atom. The van der Waals surface area contributed by atoms with Gasteiger partial charge < -0.3 is 25.0 Å². The summed E-state index contributed by atoms with van der Waals surface area (Å²) in [6.45, 7) is 1.28. The lowest BCUT2D eigenvalue weighted by Gasteiger charge is -2.29. The van der Waals surface area contributed by atoms with Crippen molar-refractivity contribution in [3.63, 3.8) is 0 Å². The van der Waals surface area contributed by atoms with Crippen LogP contribution in [0.2, 0.25) is 0 Å². The van der Waals surface area contributed by atoms with E-state index in [2.05, 4.69) is 16.7 Å². The molecule has 0 atom stereocenters. The molecule has 1 aromatic heterocycles. The van der Waals surface area contributed by atoms with Crippen molar-refractivity contribution in [1.82, 2.24) is 15.3 Å². The number of para-hydroxylation sites is 1. The van der Waals surface area contributed by atoms with Crippen LogP contribution in [-0.4, -0.2) is 49.7 Å². The first-order valence-electron chi connectivity index (χ1n) is 14.3. The number of ether oxygens (including phenoxy) is 2. The maximum atomic E-state index is 12.8. The fraction of sp³-hybridized carbons (Fsp3) is 0.364. The second-order valence-electron chi connectivity index (χ2n) is 10.9. The minimum atomic E-state index is 0.0346. The summed E-state index contributed by atoms with van der Waals surface area (Å²) in [6, 6.07) is 24.0. The highest BCUT2D eigenvalue weighted by Crippen LogP contribution is 2.30. The molecule has 1 amide bonds. The molecule has 0 saturated heterocycles. The number of rotatable bonds is 11. The summed E-state index contributed by atoms with van der Waals surface area (Å²) < 4.78 is 11.5. The average Bonchev–Trinajstić information content (AvgIpc) is 3.00. The van der Waals surface area contributed by atoms with Crippen LogP contribution >= 0.6 is 0 Å². The molecule has 4 aromatic rings. The van der Waals surface area contributed by atoms with E-state index in [1.54, 1.807) is 7.11 Å². The molecule has 214 valence electrons. The zero-order valence-corrected chi connectivity index (χ0v) is 24.1. The van der Waals surface area contributed by atoms with Gasteiger partial charge in [-0.05, 0) is 67.0 Å². The topological polar surface area (TPSA) is 88.6 Å². The second-order valence-corrected chi connectivity index (χ2v) is 10.9. The highest BCUT2D eigenvalue weighted by molar-refractivity contribution is 5.90. The van der Waals surface area contributed by atoms with Crippen LogP contribution in [0.15, 0.2) is 72.8 Å². The molecule has 8 heteroatoms. The highest BCUT2D eigenvalue weighted by atomic mass is 16.5. The van der Waals surface area contributed by atoms with Crippen LogP contribution in [0, 0.1) is 5.92 Å². The van der Waals surface area contributed by atoms with Gasteiger partial charge in [0.1, 0.15) is 12.4 Å². The lowest BCUT2D eigenvalue weighted by Crippen LogP contribution is -2.39. The summed E-state index contributed by atoms with van der Waals surface area (Å²) in [7, 11) is 5.62. The number of methoxy groups -OCH3 is 1. The van der Waals surface area contributed by atoms with Gasteiger partial charge in [-0.3, -0.25) is 4.79 Å². The zero-order valence-electron chi connectivity index (χ0n) is 24.1. The van der Waals surface area contributed by atoms with Crippen LogP contribution in [0.4, 0.5) is 11.8 Å². The lowest BCUT2D eigenvalue weighted by molar-refractivity contribution is -0.121. The molecular formula is C33H39N5O3. The summed E-state index contributed by atoms with van der Waals surface area (Å²) in [5.74, 6) is 3.43. The minimum absolute atomic E-state index is 0.0346. The first-order chi connectivity index (χ1) is 20.0. The third-order valence-electron chi connectivity index (χ3n) is 7.60. The number of carbonyl (C=O) groups excluding carboxylic acids is 1. The number of nitrogens with zero attached hydrogens (tertiary/aromatic N) is 3. The first kappa shape index (κ1) is 28.2. The monoisotopic (exact) mass is 553 g/mol. The van der Waals surface area contributed by atoms with Gasteiger partial charge in [0.15, 0.2) is 11.5 Å². The Balaban J connectivity index is 1.08. The van der Waals surface area contributed by atoms with Crippen molar-refractivity contribution in [3.8, 4) is 11.5 Å². The first-order valence-corrected chi connectivity index (χ1v) is 14.3. The van der Waals surface area contributed by atoms with Crippen molar-refractivity contribution >= 4 is 28.6 Å². The smallest absolute Gasteiger partial charge is 0.225 e. The highest BCUT2D eigenvalue weighted by Gasteiger charge is 2.23. The number of carbonyl (C=O) groups is 1. The molecule has 1 saturated carbocycles. The van der Waals surface area contributed by atoms with Crippen molar-refractivity contribution in [2.24, 2.45) is 5.92 Å². The van der Waals surface area contributed by atoms with E-state index in [-0.39, 0.29) is 11.9 Å². The van der Waals surface area contributed by atoms with Crippen LogP contribution in [0.5, 0.6) is 11.5 Å². The van der Waals surface area contributed by atoms with Crippen molar-refractivity contribution in [2.75, 3.05) is 38.0 Å².